The van der Waals surface area contributed by atoms with Crippen LogP contribution in [0.25, 0.3) is 0 Å². The Morgan fingerprint density at radius 2 is 2.04 bits per heavy atom. The zero-order valence-electron chi connectivity index (χ0n) is 15.4. The molecule has 2 aliphatic heterocycles. The molecule has 1 aromatic carbocycles. The van der Waals surface area contributed by atoms with E-state index >= 15 is 0 Å². The van der Waals surface area contributed by atoms with Crippen molar-refractivity contribution in [3.63, 3.8) is 0 Å². The van der Waals surface area contributed by atoms with Crippen LogP contribution in [0.2, 0.25) is 0 Å². The molecule has 0 bridgehead atoms. The molecule has 0 unspecified atom stereocenters. The van der Waals surface area contributed by atoms with Crippen LogP contribution in [0.1, 0.15) is 31.4 Å². The second-order valence-electron chi connectivity index (χ2n) is 6.75. The van der Waals surface area contributed by atoms with Gasteiger partial charge in [0.05, 0.1) is 40.0 Å². The molecular weight excluding hydrogens is 320 g/mol. The van der Waals surface area contributed by atoms with Crippen LogP contribution in [-0.4, -0.2) is 68.8 Å². The number of methoxy groups -OCH3 is 2. The quantitative estimate of drug-likeness (QED) is 0.816. The second-order valence-corrected chi connectivity index (χ2v) is 6.75. The zero-order valence-corrected chi connectivity index (χ0v) is 15.4. The summed E-state index contributed by atoms with van der Waals surface area (Å²) < 4.78 is 16.2. The van der Waals surface area contributed by atoms with E-state index in [4.69, 9.17) is 14.2 Å². The van der Waals surface area contributed by atoms with Crippen molar-refractivity contribution in [2.45, 2.75) is 31.8 Å². The van der Waals surface area contributed by atoms with Gasteiger partial charge in [-0.25, -0.2) is 0 Å². The Bertz CT molecular complexity index is 607. The molecule has 25 heavy (non-hydrogen) atoms. The van der Waals surface area contributed by atoms with Crippen molar-refractivity contribution < 1.29 is 19.0 Å². The fraction of sp³-hybridized carbons (Fsp3) is 0.632. The molecule has 0 radical (unpaired) electrons. The largest absolute Gasteiger partial charge is 0.493 e. The molecule has 0 aromatic heterocycles. The first kappa shape index (κ1) is 18.0. The molecule has 3 rings (SSSR count). The van der Waals surface area contributed by atoms with Crippen molar-refractivity contribution in [3.05, 3.63) is 23.8 Å². The molecule has 1 aromatic rings. The predicted molar refractivity (Wildman–Crippen MR) is 95.1 cm³/mol. The maximum absolute atomic E-state index is 12.9. The predicted octanol–water partition coefficient (Wildman–Crippen LogP) is 2.09. The van der Waals surface area contributed by atoms with E-state index in [-0.39, 0.29) is 11.9 Å². The summed E-state index contributed by atoms with van der Waals surface area (Å²) in [4.78, 5) is 17.1. The van der Waals surface area contributed by atoms with Crippen molar-refractivity contribution in [3.8, 4) is 11.5 Å². The van der Waals surface area contributed by atoms with Crippen molar-refractivity contribution in [2.24, 2.45) is 0 Å². The minimum Gasteiger partial charge on any atom is -0.493 e. The number of ether oxygens (including phenoxy) is 3. The van der Waals surface area contributed by atoms with Gasteiger partial charge in [0, 0.05) is 19.1 Å². The summed E-state index contributed by atoms with van der Waals surface area (Å²) in [5.74, 6) is 1.62. The fourth-order valence-corrected chi connectivity index (χ4v) is 3.73. The smallest absolute Gasteiger partial charge is 0.237 e. The van der Waals surface area contributed by atoms with Gasteiger partial charge in [0.1, 0.15) is 0 Å². The summed E-state index contributed by atoms with van der Waals surface area (Å²) in [5, 5.41) is 0. The molecule has 2 saturated heterocycles. The summed E-state index contributed by atoms with van der Waals surface area (Å²) in [6, 6.07) is 6.35. The number of morpholine rings is 1. The van der Waals surface area contributed by atoms with E-state index in [9.17, 15) is 4.79 Å². The summed E-state index contributed by atoms with van der Waals surface area (Å²) >= 11 is 0. The van der Waals surface area contributed by atoms with Crippen LogP contribution >= 0.6 is 0 Å². The molecule has 1 amide bonds. The molecule has 6 heteroatoms. The lowest BCUT2D eigenvalue weighted by molar-refractivity contribution is -0.135. The lowest BCUT2D eigenvalue weighted by Gasteiger charge is -2.35. The zero-order chi connectivity index (χ0) is 17.8. The molecule has 2 atom stereocenters. The highest BCUT2D eigenvalue weighted by Gasteiger charge is 2.32. The lowest BCUT2D eigenvalue weighted by Crippen LogP contribution is -2.49. The molecule has 2 aliphatic rings. The van der Waals surface area contributed by atoms with Crippen LogP contribution < -0.4 is 9.47 Å². The van der Waals surface area contributed by atoms with Crippen molar-refractivity contribution in [2.75, 3.05) is 47.1 Å². The van der Waals surface area contributed by atoms with Crippen LogP contribution in [0, 0.1) is 0 Å². The number of benzene rings is 1. The molecule has 0 aliphatic carbocycles. The van der Waals surface area contributed by atoms with Gasteiger partial charge in [-0.05, 0) is 37.5 Å². The molecule has 6 nitrogen and oxygen atoms in total. The topological polar surface area (TPSA) is 51.2 Å². The highest BCUT2D eigenvalue weighted by molar-refractivity contribution is 5.79. The van der Waals surface area contributed by atoms with E-state index in [1.54, 1.807) is 14.2 Å². The number of amides is 1. The molecule has 0 saturated carbocycles. The lowest BCUT2D eigenvalue weighted by atomic mass is 10.0. The SMILES string of the molecule is COc1ccc([C@@H]2CCCN2C(=O)CN2CCOC[C@H]2C)cc1OC. The second kappa shape index (κ2) is 8.06. The first-order chi connectivity index (χ1) is 12.1. The molecular formula is C19H28N2O4. The molecule has 0 N–H and O–H groups in total. The third kappa shape index (κ3) is 3.90. The molecule has 0 spiro atoms. The maximum Gasteiger partial charge on any atom is 0.237 e. The van der Waals surface area contributed by atoms with Gasteiger partial charge in [-0.15, -0.1) is 0 Å². The van der Waals surface area contributed by atoms with Crippen molar-refractivity contribution in [1.82, 2.24) is 9.80 Å². The number of carbonyl (C=O) groups is 1. The Morgan fingerprint density at radius 3 is 2.76 bits per heavy atom. The third-order valence-corrected chi connectivity index (χ3v) is 5.21. The summed E-state index contributed by atoms with van der Waals surface area (Å²) in [5.41, 5.74) is 1.11. The van der Waals surface area contributed by atoms with E-state index in [0.717, 1.165) is 31.5 Å². The minimum absolute atomic E-state index is 0.114. The van der Waals surface area contributed by atoms with E-state index in [0.29, 0.717) is 37.3 Å². The number of nitrogens with zero attached hydrogens (tertiary/aromatic N) is 2. The van der Waals surface area contributed by atoms with Crippen LogP contribution in [0.4, 0.5) is 0 Å². The van der Waals surface area contributed by atoms with Crippen molar-refractivity contribution in [1.29, 1.82) is 0 Å². The third-order valence-electron chi connectivity index (χ3n) is 5.21. The van der Waals surface area contributed by atoms with Gasteiger partial charge in [0.15, 0.2) is 11.5 Å². The maximum atomic E-state index is 12.9. The van der Waals surface area contributed by atoms with E-state index in [2.05, 4.69) is 11.8 Å². The van der Waals surface area contributed by atoms with E-state index < -0.39 is 0 Å². The molecule has 2 heterocycles. The molecule has 138 valence electrons. The Morgan fingerprint density at radius 1 is 1.24 bits per heavy atom. The average molecular weight is 348 g/mol. The van der Waals surface area contributed by atoms with Crippen LogP contribution in [0.3, 0.4) is 0 Å². The van der Waals surface area contributed by atoms with Crippen LogP contribution in [0.15, 0.2) is 18.2 Å². The summed E-state index contributed by atoms with van der Waals surface area (Å²) in [6.07, 6.45) is 2.02. The van der Waals surface area contributed by atoms with Crippen LogP contribution in [-0.2, 0) is 9.53 Å². The van der Waals surface area contributed by atoms with Gasteiger partial charge in [0.25, 0.3) is 0 Å². The number of likely N-dealkylation sites (tertiary alicyclic amines) is 1. The Balaban J connectivity index is 1.72. The number of hydrogen-bond acceptors (Lipinski definition) is 5. The monoisotopic (exact) mass is 348 g/mol. The summed E-state index contributed by atoms with van der Waals surface area (Å²) in [6.45, 7) is 5.62. The Kier molecular flexibility index (Phi) is 5.81. The van der Waals surface area contributed by atoms with Gasteiger partial charge in [-0.1, -0.05) is 6.07 Å². The Labute approximate surface area is 149 Å². The first-order valence-electron chi connectivity index (χ1n) is 8.97. The highest BCUT2D eigenvalue weighted by atomic mass is 16.5. The first-order valence-corrected chi connectivity index (χ1v) is 8.97. The Hall–Kier alpha value is -1.79. The van der Waals surface area contributed by atoms with Gasteiger partial charge in [-0.2, -0.15) is 0 Å². The minimum atomic E-state index is 0.114. The van der Waals surface area contributed by atoms with E-state index in [1.165, 1.54) is 0 Å². The van der Waals surface area contributed by atoms with Gasteiger partial charge in [0.2, 0.25) is 5.91 Å². The molecule has 2 fully saturated rings. The van der Waals surface area contributed by atoms with Gasteiger partial charge in [-0.3, -0.25) is 9.69 Å². The van der Waals surface area contributed by atoms with Crippen molar-refractivity contribution >= 4 is 5.91 Å². The standard InChI is InChI=1S/C19H28N2O4/c1-14-13-25-10-9-20(14)12-19(22)21-8-4-5-16(21)15-6-7-17(23-2)18(11-15)24-3/h6-7,11,14,16H,4-5,8-10,12-13H2,1-3H3/t14-,16+/m1/s1. The van der Waals surface area contributed by atoms with Gasteiger partial charge >= 0.3 is 0 Å². The average Bonchev–Trinajstić information content (AvgIpc) is 3.13. The normalized spacial score (nSPS) is 24.4. The number of rotatable bonds is 5. The number of carbonyl (C=O) groups excluding carboxylic acids is 1. The summed E-state index contributed by atoms with van der Waals surface area (Å²) in [7, 11) is 3.27. The van der Waals surface area contributed by atoms with E-state index in [1.807, 2.05) is 23.1 Å². The van der Waals surface area contributed by atoms with Gasteiger partial charge < -0.3 is 19.1 Å². The number of hydrogen-bond donors (Lipinski definition) is 0. The fourth-order valence-electron chi connectivity index (χ4n) is 3.73. The van der Waals surface area contributed by atoms with Crippen LogP contribution in [0.5, 0.6) is 11.5 Å². The highest BCUT2D eigenvalue weighted by Crippen LogP contribution is 2.37.